The van der Waals surface area contributed by atoms with E-state index in [1.165, 1.54) is 10.9 Å². The quantitative estimate of drug-likeness (QED) is 0.938. The second-order valence-electron chi connectivity index (χ2n) is 5.38. The number of rotatable bonds is 3. The van der Waals surface area contributed by atoms with Crippen molar-refractivity contribution in [3.63, 3.8) is 0 Å². The van der Waals surface area contributed by atoms with Crippen LogP contribution in [0.15, 0.2) is 30.3 Å². The van der Waals surface area contributed by atoms with Crippen molar-refractivity contribution in [3.8, 4) is 11.1 Å². The van der Waals surface area contributed by atoms with Gasteiger partial charge in [-0.1, -0.05) is 30.3 Å². The second kappa shape index (κ2) is 4.63. The highest BCUT2D eigenvalue weighted by Gasteiger charge is 2.38. The molecule has 5 nitrogen and oxygen atoms in total. The van der Waals surface area contributed by atoms with Crippen molar-refractivity contribution in [2.75, 3.05) is 12.0 Å². The monoisotopic (exact) mass is 293 g/mol. The Balaban J connectivity index is 2.78. The molecule has 2 aromatic rings. The molecule has 0 aliphatic rings. The van der Waals surface area contributed by atoms with E-state index in [0.717, 1.165) is 5.56 Å². The van der Waals surface area contributed by atoms with E-state index < -0.39 is 14.6 Å². The second-order valence-corrected chi connectivity index (χ2v) is 7.95. The maximum absolute atomic E-state index is 12.1. The zero-order chi connectivity index (χ0) is 15.1. The summed E-state index contributed by atoms with van der Waals surface area (Å²) in [6.45, 7) is 3.30. The molecule has 1 aromatic carbocycles. The van der Waals surface area contributed by atoms with E-state index in [-0.39, 0.29) is 0 Å². The summed E-state index contributed by atoms with van der Waals surface area (Å²) in [5.74, 6) is 0.461. The van der Waals surface area contributed by atoms with E-state index in [1.807, 2.05) is 30.3 Å². The van der Waals surface area contributed by atoms with Gasteiger partial charge in [-0.05, 0) is 19.4 Å². The van der Waals surface area contributed by atoms with E-state index in [2.05, 4.69) is 5.10 Å². The molecular weight excluding hydrogens is 274 g/mol. The minimum atomic E-state index is -3.32. The normalized spacial score (nSPS) is 12.6. The van der Waals surface area contributed by atoms with Gasteiger partial charge in [-0.15, -0.1) is 0 Å². The Labute approximate surface area is 119 Å². The van der Waals surface area contributed by atoms with Crippen LogP contribution in [-0.2, 0) is 21.6 Å². The van der Waals surface area contributed by atoms with Gasteiger partial charge in [-0.2, -0.15) is 5.10 Å². The molecule has 0 saturated carbocycles. The van der Waals surface area contributed by atoms with E-state index >= 15 is 0 Å². The molecule has 108 valence electrons. The van der Waals surface area contributed by atoms with Crippen LogP contribution in [0, 0.1) is 0 Å². The highest BCUT2D eigenvalue weighted by Crippen LogP contribution is 2.38. The molecule has 0 bridgehead atoms. The highest BCUT2D eigenvalue weighted by molar-refractivity contribution is 7.91. The summed E-state index contributed by atoms with van der Waals surface area (Å²) in [5, 5.41) is 4.34. The van der Waals surface area contributed by atoms with Crippen LogP contribution in [0.2, 0.25) is 0 Å². The van der Waals surface area contributed by atoms with Gasteiger partial charge in [0.15, 0.2) is 9.84 Å². The van der Waals surface area contributed by atoms with Crippen molar-refractivity contribution >= 4 is 15.7 Å². The summed E-state index contributed by atoms with van der Waals surface area (Å²) >= 11 is 0. The first-order valence-electron chi connectivity index (χ1n) is 6.24. The SMILES string of the molecule is Cn1nc(C(C)(C)S(C)(=O)=O)c(-c2ccccc2)c1N. The van der Waals surface area contributed by atoms with Crippen LogP contribution in [0.5, 0.6) is 0 Å². The topological polar surface area (TPSA) is 78.0 Å². The van der Waals surface area contributed by atoms with Crippen LogP contribution >= 0.6 is 0 Å². The van der Waals surface area contributed by atoms with Gasteiger partial charge in [-0.3, -0.25) is 4.68 Å². The van der Waals surface area contributed by atoms with Crippen molar-refractivity contribution in [2.24, 2.45) is 7.05 Å². The van der Waals surface area contributed by atoms with E-state index in [4.69, 9.17) is 5.73 Å². The Morgan fingerprint density at radius 1 is 1.20 bits per heavy atom. The first-order chi connectivity index (χ1) is 9.16. The van der Waals surface area contributed by atoms with Gasteiger partial charge in [-0.25, -0.2) is 8.42 Å². The lowest BCUT2D eigenvalue weighted by molar-refractivity contribution is 0.553. The molecule has 0 aliphatic carbocycles. The number of benzene rings is 1. The fourth-order valence-corrected chi connectivity index (χ4v) is 2.52. The van der Waals surface area contributed by atoms with Crippen LogP contribution < -0.4 is 5.73 Å². The number of sulfone groups is 1. The molecule has 0 aliphatic heterocycles. The molecule has 0 spiro atoms. The summed E-state index contributed by atoms with van der Waals surface area (Å²) in [6.07, 6.45) is 1.21. The van der Waals surface area contributed by atoms with E-state index in [0.29, 0.717) is 17.1 Å². The number of aromatic nitrogens is 2. The Hall–Kier alpha value is -1.82. The van der Waals surface area contributed by atoms with Crippen LogP contribution in [0.3, 0.4) is 0 Å². The first kappa shape index (κ1) is 14.6. The lowest BCUT2D eigenvalue weighted by Gasteiger charge is -2.21. The zero-order valence-electron chi connectivity index (χ0n) is 12.1. The fourth-order valence-electron chi connectivity index (χ4n) is 2.02. The van der Waals surface area contributed by atoms with Crippen LogP contribution in [0.25, 0.3) is 11.1 Å². The fraction of sp³-hybridized carbons (Fsp3) is 0.357. The molecule has 1 aromatic heterocycles. The summed E-state index contributed by atoms with van der Waals surface area (Å²) in [7, 11) is -1.61. The van der Waals surface area contributed by atoms with Crippen LogP contribution in [0.1, 0.15) is 19.5 Å². The van der Waals surface area contributed by atoms with Gasteiger partial charge in [0.2, 0.25) is 0 Å². The maximum atomic E-state index is 12.1. The van der Waals surface area contributed by atoms with Gasteiger partial charge >= 0.3 is 0 Å². The maximum Gasteiger partial charge on any atom is 0.158 e. The number of nitrogen functional groups attached to an aromatic ring is 1. The molecule has 6 heteroatoms. The number of nitrogens with zero attached hydrogens (tertiary/aromatic N) is 2. The third-order valence-electron chi connectivity index (χ3n) is 3.65. The van der Waals surface area contributed by atoms with Gasteiger partial charge in [0.1, 0.15) is 10.6 Å². The van der Waals surface area contributed by atoms with Gasteiger partial charge < -0.3 is 5.73 Å². The average Bonchev–Trinajstić information content (AvgIpc) is 2.66. The molecule has 0 radical (unpaired) electrons. The Kier molecular flexibility index (Phi) is 3.37. The first-order valence-corrected chi connectivity index (χ1v) is 8.13. The third-order valence-corrected chi connectivity index (χ3v) is 5.70. The number of hydrogen-bond donors (Lipinski definition) is 1. The Morgan fingerprint density at radius 3 is 2.25 bits per heavy atom. The van der Waals surface area contributed by atoms with Crippen molar-refractivity contribution in [2.45, 2.75) is 18.6 Å². The average molecular weight is 293 g/mol. The van der Waals surface area contributed by atoms with Crippen LogP contribution in [0.4, 0.5) is 5.82 Å². The van der Waals surface area contributed by atoms with E-state index in [1.54, 1.807) is 20.9 Å². The molecule has 0 fully saturated rings. The minimum Gasteiger partial charge on any atom is -0.383 e. The number of aryl methyl sites for hydroxylation is 1. The summed E-state index contributed by atoms with van der Waals surface area (Å²) < 4.78 is 24.5. The largest absolute Gasteiger partial charge is 0.383 e. The smallest absolute Gasteiger partial charge is 0.158 e. The molecular formula is C14H19N3O2S. The van der Waals surface area contributed by atoms with Crippen LogP contribution in [-0.4, -0.2) is 24.5 Å². The third kappa shape index (κ3) is 2.20. The van der Waals surface area contributed by atoms with E-state index in [9.17, 15) is 8.42 Å². The predicted octanol–water partition coefficient (Wildman–Crippen LogP) is 1.95. The number of anilines is 1. The molecule has 0 saturated heterocycles. The van der Waals surface area contributed by atoms with Gasteiger partial charge in [0.25, 0.3) is 0 Å². The molecule has 20 heavy (non-hydrogen) atoms. The Morgan fingerprint density at radius 2 is 1.75 bits per heavy atom. The predicted molar refractivity (Wildman–Crippen MR) is 80.9 cm³/mol. The Bertz CT molecular complexity index is 731. The molecule has 2 rings (SSSR count). The summed E-state index contributed by atoms with van der Waals surface area (Å²) in [5.41, 5.74) is 8.11. The molecule has 0 amide bonds. The zero-order valence-corrected chi connectivity index (χ0v) is 12.9. The molecule has 2 N–H and O–H groups in total. The summed E-state index contributed by atoms with van der Waals surface area (Å²) in [4.78, 5) is 0. The van der Waals surface area contributed by atoms with Crippen molar-refractivity contribution in [1.29, 1.82) is 0 Å². The minimum absolute atomic E-state index is 0.461. The number of hydrogen-bond acceptors (Lipinski definition) is 4. The van der Waals surface area contributed by atoms with Crippen molar-refractivity contribution in [3.05, 3.63) is 36.0 Å². The lowest BCUT2D eigenvalue weighted by Crippen LogP contribution is -2.29. The van der Waals surface area contributed by atoms with Gasteiger partial charge in [0, 0.05) is 18.9 Å². The molecule has 0 atom stereocenters. The summed E-state index contributed by atoms with van der Waals surface area (Å²) in [6, 6.07) is 9.47. The molecule has 0 unspecified atom stereocenters. The lowest BCUT2D eigenvalue weighted by atomic mass is 9.98. The standard InChI is InChI=1S/C14H19N3O2S/c1-14(2,20(4,18)19)12-11(13(15)17(3)16-12)10-8-6-5-7-9-10/h5-9H,15H2,1-4H3. The van der Waals surface area contributed by atoms with Crippen molar-refractivity contribution in [1.82, 2.24) is 9.78 Å². The number of nitrogens with two attached hydrogens (primary N) is 1. The van der Waals surface area contributed by atoms with Crippen molar-refractivity contribution < 1.29 is 8.42 Å². The van der Waals surface area contributed by atoms with Gasteiger partial charge in [0.05, 0.1) is 5.69 Å². The molecule has 1 heterocycles. The highest BCUT2D eigenvalue weighted by atomic mass is 32.2.